The Labute approximate surface area is 154 Å². The van der Waals surface area contributed by atoms with Crippen LogP contribution in [-0.4, -0.2) is 28.9 Å². The van der Waals surface area contributed by atoms with E-state index in [9.17, 15) is 14.0 Å². The molecule has 5 nitrogen and oxygen atoms in total. The molecule has 1 fully saturated rings. The van der Waals surface area contributed by atoms with E-state index < -0.39 is 5.82 Å². The monoisotopic (exact) mass is 361 g/mol. The van der Waals surface area contributed by atoms with Crippen molar-refractivity contribution in [3.05, 3.63) is 69.8 Å². The summed E-state index contributed by atoms with van der Waals surface area (Å²) in [6.07, 6.45) is 0. The van der Waals surface area contributed by atoms with Gasteiger partial charge in [0.15, 0.2) is 0 Å². The number of nitrogens with zero attached hydrogens (tertiary/aromatic N) is 2. The summed E-state index contributed by atoms with van der Waals surface area (Å²) in [4.78, 5) is 29.5. The number of aryl methyl sites for hydroxylation is 1. The van der Waals surface area contributed by atoms with Gasteiger partial charge in [-0.15, -0.1) is 0 Å². The fourth-order valence-electron chi connectivity index (χ4n) is 3.52. The van der Waals surface area contributed by atoms with E-state index in [2.05, 4.69) is 11.1 Å². The van der Waals surface area contributed by atoms with E-state index in [0.717, 1.165) is 17.0 Å². The Hall–Kier alpha value is -3.46. The lowest BCUT2D eigenvalue weighted by Gasteiger charge is -2.35. The Kier molecular flexibility index (Phi) is 4.00. The van der Waals surface area contributed by atoms with Gasteiger partial charge in [0.1, 0.15) is 5.82 Å². The van der Waals surface area contributed by atoms with Crippen molar-refractivity contribution in [3.8, 4) is 17.2 Å². The molecule has 134 valence electrons. The normalized spacial score (nSPS) is 14.0. The smallest absolute Gasteiger partial charge is 0.256 e. The summed E-state index contributed by atoms with van der Waals surface area (Å²) in [6, 6.07) is 13.5. The molecule has 3 aromatic rings. The summed E-state index contributed by atoms with van der Waals surface area (Å²) in [5.74, 6) is -1.09. The number of halogens is 1. The fourth-order valence-corrected chi connectivity index (χ4v) is 3.52. The molecule has 1 saturated heterocycles. The van der Waals surface area contributed by atoms with Crippen molar-refractivity contribution in [2.24, 2.45) is 5.92 Å². The lowest BCUT2D eigenvalue weighted by atomic mass is 9.95. The van der Waals surface area contributed by atoms with Gasteiger partial charge in [-0.05, 0) is 42.3 Å². The summed E-state index contributed by atoms with van der Waals surface area (Å²) in [6.45, 7) is 2.50. The predicted octanol–water partition coefficient (Wildman–Crippen LogP) is 3.24. The number of aromatic nitrogens is 1. The summed E-state index contributed by atoms with van der Waals surface area (Å²) in [5, 5.41) is 9.72. The number of carbonyl (C=O) groups is 1. The highest BCUT2D eigenvalue weighted by molar-refractivity contribution is 5.97. The standard InChI is InChI=1S/C21H16FN3O2/c1-12-17-4-2-3-5-18(17)24-20(26)19(12)14-6-15(8-16(22)7-14)21(27)25-10-13(9-23)11-25/h2-8,13H,10-11H2,1H3,(H,24,26). The molecule has 0 spiro atoms. The number of nitrogens with one attached hydrogen (secondary N) is 1. The number of likely N-dealkylation sites (tertiary alicyclic amines) is 1. The quantitative estimate of drug-likeness (QED) is 0.761. The average molecular weight is 361 g/mol. The van der Waals surface area contributed by atoms with E-state index in [0.29, 0.717) is 29.7 Å². The number of hydrogen-bond acceptors (Lipinski definition) is 3. The zero-order chi connectivity index (χ0) is 19.1. The first-order chi connectivity index (χ1) is 13.0. The highest BCUT2D eigenvalue weighted by Crippen LogP contribution is 2.28. The van der Waals surface area contributed by atoms with Gasteiger partial charge in [-0.25, -0.2) is 4.39 Å². The number of H-pyrrole nitrogens is 1. The SMILES string of the molecule is Cc1c(-c2cc(F)cc(C(=O)N3CC(C#N)C3)c2)c(=O)[nH]c2ccccc12. The molecular weight excluding hydrogens is 345 g/mol. The van der Waals surface area contributed by atoms with Gasteiger partial charge in [-0.1, -0.05) is 18.2 Å². The number of fused-ring (bicyclic) bond motifs is 1. The number of pyridine rings is 1. The van der Waals surface area contributed by atoms with Crippen LogP contribution in [0.15, 0.2) is 47.3 Å². The van der Waals surface area contributed by atoms with Crippen molar-refractivity contribution in [1.82, 2.24) is 9.88 Å². The van der Waals surface area contributed by atoms with E-state index in [1.807, 2.05) is 31.2 Å². The van der Waals surface area contributed by atoms with Gasteiger partial charge in [0.25, 0.3) is 11.5 Å². The molecule has 2 heterocycles. The van der Waals surface area contributed by atoms with Gasteiger partial charge in [0, 0.05) is 29.6 Å². The Morgan fingerprint density at radius 1 is 1.26 bits per heavy atom. The van der Waals surface area contributed by atoms with Crippen molar-refractivity contribution >= 4 is 16.8 Å². The van der Waals surface area contributed by atoms with Crippen LogP contribution in [0.5, 0.6) is 0 Å². The fraction of sp³-hybridized carbons (Fsp3) is 0.190. The summed E-state index contributed by atoms with van der Waals surface area (Å²) < 4.78 is 14.2. The van der Waals surface area contributed by atoms with Crippen LogP contribution in [-0.2, 0) is 0 Å². The maximum absolute atomic E-state index is 14.2. The number of carbonyl (C=O) groups excluding carboxylic acids is 1. The van der Waals surface area contributed by atoms with Crippen LogP contribution in [0.25, 0.3) is 22.0 Å². The predicted molar refractivity (Wildman–Crippen MR) is 99.7 cm³/mol. The molecule has 0 radical (unpaired) electrons. The second-order valence-corrected chi connectivity index (χ2v) is 6.76. The molecule has 0 bridgehead atoms. The Morgan fingerprint density at radius 2 is 2.00 bits per heavy atom. The molecule has 2 aromatic carbocycles. The number of amides is 1. The largest absolute Gasteiger partial charge is 0.336 e. The molecule has 0 saturated carbocycles. The molecule has 0 atom stereocenters. The highest BCUT2D eigenvalue weighted by Gasteiger charge is 2.31. The molecule has 1 aromatic heterocycles. The van der Waals surface area contributed by atoms with Crippen LogP contribution >= 0.6 is 0 Å². The van der Waals surface area contributed by atoms with Crippen LogP contribution in [0.3, 0.4) is 0 Å². The van der Waals surface area contributed by atoms with Gasteiger partial charge in [0.05, 0.1) is 17.6 Å². The van der Waals surface area contributed by atoms with E-state index >= 15 is 0 Å². The van der Waals surface area contributed by atoms with Crippen LogP contribution in [0.2, 0.25) is 0 Å². The number of rotatable bonds is 2. The minimum Gasteiger partial charge on any atom is -0.336 e. The van der Waals surface area contributed by atoms with Crippen LogP contribution in [0.1, 0.15) is 15.9 Å². The number of hydrogen-bond donors (Lipinski definition) is 1. The van der Waals surface area contributed by atoms with E-state index in [1.165, 1.54) is 17.0 Å². The molecule has 27 heavy (non-hydrogen) atoms. The van der Waals surface area contributed by atoms with Crippen LogP contribution in [0.4, 0.5) is 4.39 Å². The zero-order valence-corrected chi connectivity index (χ0v) is 14.6. The van der Waals surface area contributed by atoms with Crippen LogP contribution < -0.4 is 5.56 Å². The maximum atomic E-state index is 14.2. The molecule has 1 aliphatic rings. The first-order valence-electron chi connectivity index (χ1n) is 8.59. The molecular formula is C21H16FN3O2. The number of nitriles is 1. The van der Waals surface area contributed by atoms with Gasteiger partial charge in [-0.2, -0.15) is 5.26 Å². The molecule has 1 amide bonds. The summed E-state index contributed by atoms with van der Waals surface area (Å²) in [7, 11) is 0. The molecule has 1 aliphatic heterocycles. The first kappa shape index (κ1) is 17.0. The van der Waals surface area contributed by atoms with Crippen LogP contribution in [0, 0.1) is 30.0 Å². The minimum atomic E-state index is -0.583. The highest BCUT2D eigenvalue weighted by atomic mass is 19.1. The van der Waals surface area contributed by atoms with Crippen molar-refractivity contribution in [1.29, 1.82) is 5.26 Å². The van der Waals surface area contributed by atoms with E-state index in [1.54, 1.807) is 0 Å². The number of aromatic amines is 1. The maximum Gasteiger partial charge on any atom is 0.256 e. The van der Waals surface area contributed by atoms with Gasteiger partial charge < -0.3 is 9.88 Å². The van der Waals surface area contributed by atoms with Crippen molar-refractivity contribution < 1.29 is 9.18 Å². The van der Waals surface area contributed by atoms with Crippen molar-refractivity contribution in [2.45, 2.75) is 6.92 Å². The molecule has 4 rings (SSSR count). The molecule has 1 N–H and O–H groups in total. The molecule has 0 unspecified atom stereocenters. The van der Waals surface area contributed by atoms with Crippen molar-refractivity contribution in [2.75, 3.05) is 13.1 Å². The summed E-state index contributed by atoms with van der Waals surface area (Å²) in [5.41, 5.74) is 1.99. The third-order valence-corrected chi connectivity index (χ3v) is 4.97. The van der Waals surface area contributed by atoms with Gasteiger partial charge >= 0.3 is 0 Å². The van der Waals surface area contributed by atoms with Crippen molar-refractivity contribution in [3.63, 3.8) is 0 Å². The average Bonchev–Trinajstić information content (AvgIpc) is 2.60. The van der Waals surface area contributed by atoms with Gasteiger partial charge in [0.2, 0.25) is 0 Å². The number of benzene rings is 2. The Bertz CT molecular complexity index is 1170. The van der Waals surface area contributed by atoms with Gasteiger partial charge in [-0.3, -0.25) is 9.59 Å². The minimum absolute atomic E-state index is 0.174. The first-order valence-corrected chi connectivity index (χ1v) is 8.59. The second kappa shape index (κ2) is 6.36. The third kappa shape index (κ3) is 2.87. The third-order valence-electron chi connectivity index (χ3n) is 4.97. The molecule has 6 heteroatoms. The lowest BCUT2D eigenvalue weighted by molar-refractivity contribution is 0.0577. The second-order valence-electron chi connectivity index (χ2n) is 6.76. The Balaban J connectivity index is 1.81. The van der Waals surface area contributed by atoms with E-state index in [-0.39, 0.29) is 22.9 Å². The lowest BCUT2D eigenvalue weighted by Crippen LogP contribution is -2.49. The Morgan fingerprint density at radius 3 is 2.74 bits per heavy atom. The number of para-hydroxylation sites is 1. The zero-order valence-electron chi connectivity index (χ0n) is 14.6. The summed E-state index contributed by atoms with van der Waals surface area (Å²) >= 11 is 0. The van der Waals surface area contributed by atoms with E-state index in [4.69, 9.17) is 5.26 Å². The topological polar surface area (TPSA) is 77.0 Å². The molecule has 0 aliphatic carbocycles.